The SMILES string of the molecule is COc1ccccc1SCC(NC(C)C)(C(N)=O)C1CC1. The van der Waals surface area contributed by atoms with Crippen molar-refractivity contribution in [1.29, 1.82) is 0 Å². The first-order valence-corrected chi connectivity index (χ1v) is 8.31. The largest absolute Gasteiger partial charge is 0.496 e. The van der Waals surface area contributed by atoms with Crippen molar-refractivity contribution in [2.45, 2.75) is 43.2 Å². The zero-order valence-corrected chi connectivity index (χ0v) is 13.7. The number of benzene rings is 1. The van der Waals surface area contributed by atoms with E-state index in [9.17, 15) is 4.79 Å². The third-order valence-electron chi connectivity index (χ3n) is 3.78. The summed E-state index contributed by atoms with van der Waals surface area (Å²) in [5.41, 5.74) is 5.12. The summed E-state index contributed by atoms with van der Waals surface area (Å²) in [6.07, 6.45) is 2.13. The Balaban J connectivity index is 2.17. The summed E-state index contributed by atoms with van der Waals surface area (Å²) < 4.78 is 5.37. The number of para-hydroxylation sites is 1. The van der Waals surface area contributed by atoms with Crippen molar-refractivity contribution in [3.05, 3.63) is 24.3 Å². The summed E-state index contributed by atoms with van der Waals surface area (Å²) in [6.45, 7) is 4.10. The van der Waals surface area contributed by atoms with Gasteiger partial charge in [-0.1, -0.05) is 12.1 Å². The molecular weight excluding hydrogens is 284 g/mol. The van der Waals surface area contributed by atoms with Gasteiger partial charge in [-0.3, -0.25) is 4.79 Å². The zero-order valence-electron chi connectivity index (χ0n) is 12.9. The molecule has 0 spiro atoms. The van der Waals surface area contributed by atoms with Gasteiger partial charge in [0.2, 0.25) is 5.91 Å². The summed E-state index contributed by atoms with van der Waals surface area (Å²) in [7, 11) is 1.66. The molecule has 0 heterocycles. The Bertz CT molecular complexity index is 503. The highest BCUT2D eigenvalue weighted by Crippen LogP contribution is 2.43. The molecule has 21 heavy (non-hydrogen) atoms. The average molecular weight is 308 g/mol. The van der Waals surface area contributed by atoms with Gasteiger partial charge in [-0.2, -0.15) is 0 Å². The van der Waals surface area contributed by atoms with Gasteiger partial charge in [0.1, 0.15) is 11.3 Å². The molecule has 1 unspecified atom stereocenters. The molecule has 1 aromatic rings. The van der Waals surface area contributed by atoms with Crippen LogP contribution in [-0.2, 0) is 4.79 Å². The van der Waals surface area contributed by atoms with Gasteiger partial charge in [-0.25, -0.2) is 0 Å². The number of nitrogens with one attached hydrogen (secondary N) is 1. The van der Waals surface area contributed by atoms with Gasteiger partial charge in [0.05, 0.1) is 7.11 Å². The minimum Gasteiger partial charge on any atom is -0.496 e. The molecule has 1 atom stereocenters. The molecule has 5 heteroatoms. The van der Waals surface area contributed by atoms with Gasteiger partial charge in [-0.15, -0.1) is 11.8 Å². The predicted molar refractivity (Wildman–Crippen MR) is 86.6 cm³/mol. The Labute approximate surface area is 130 Å². The first-order valence-electron chi connectivity index (χ1n) is 7.33. The smallest absolute Gasteiger partial charge is 0.238 e. The molecule has 0 aromatic heterocycles. The molecule has 1 aromatic carbocycles. The van der Waals surface area contributed by atoms with Gasteiger partial charge < -0.3 is 15.8 Å². The quantitative estimate of drug-likeness (QED) is 0.724. The van der Waals surface area contributed by atoms with E-state index in [-0.39, 0.29) is 11.9 Å². The normalized spacial score (nSPS) is 17.5. The lowest BCUT2D eigenvalue weighted by Crippen LogP contribution is -2.61. The molecule has 2 rings (SSSR count). The van der Waals surface area contributed by atoms with Crippen LogP contribution in [-0.4, -0.2) is 30.4 Å². The van der Waals surface area contributed by atoms with E-state index in [0.29, 0.717) is 11.7 Å². The number of ether oxygens (including phenoxy) is 1. The molecule has 3 N–H and O–H groups in total. The topological polar surface area (TPSA) is 64.3 Å². The van der Waals surface area contributed by atoms with Crippen molar-refractivity contribution in [2.75, 3.05) is 12.9 Å². The Kier molecular flexibility index (Phi) is 5.17. The molecule has 116 valence electrons. The second-order valence-corrected chi connectivity index (χ2v) is 6.87. The Morgan fingerprint density at radius 3 is 2.67 bits per heavy atom. The van der Waals surface area contributed by atoms with E-state index in [1.807, 2.05) is 38.1 Å². The van der Waals surface area contributed by atoms with Crippen molar-refractivity contribution in [3.8, 4) is 5.75 Å². The lowest BCUT2D eigenvalue weighted by Gasteiger charge is -2.34. The Hall–Kier alpha value is -1.20. The number of hydrogen-bond acceptors (Lipinski definition) is 4. The van der Waals surface area contributed by atoms with Crippen LogP contribution in [0, 0.1) is 5.92 Å². The van der Waals surface area contributed by atoms with Crippen LogP contribution in [0.2, 0.25) is 0 Å². The number of amides is 1. The highest BCUT2D eigenvalue weighted by Gasteiger charge is 2.50. The maximum Gasteiger partial charge on any atom is 0.238 e. The third kappa shape index (κ3) is 3.71. The third-order valence-corrected chi connectivity index (χ3v) is 5.03. The van der Waals surface area contributed by atoms with E-state index in [0.717, 1.165) is 23.5 Å². The van der Waals surface area contributed by atoms with E-state index < -0.39 is 5.54 Å². The van der Waals surface area contributed by atoms with Gasteiger partial charge in [0, 0.05) is 16.7 Å². The number of methoxy groups -OCH3 is 1. The fourth-order valence-electron chi connectivity index (χ4n) is 2.64. The van der Waals surface area contributed by atoms with Gasteiger partial charge in [0.25, 0.3) is 0 Å². The lowest BCUT2D eigenvalue weighted by molar-refractivity contribution is -0.124. The summed E-state index contributed by atoms with van der Waals surface area (Å²) in [5.74, 6) is 1.56. The van der Waals surface area contributed by atoms with Crippen molar-refractivity contribution in [1.82, 2.24) is 5.32 Å². The van der Waals surface area contributed by atoms with Crippen LogP contribution >= 0.6 is 11.8 Å². The molecule has 1 saturated carbocycles. The van der Waals surface area contributed by atoms with Crippen LogP contribution in [0.5, 0.6) is 5.75 Å². The monoisotopic (exact) mass is 308 g/mol. The lowest BCUT2D eigenvalue weighted by atomic mass is 9.93. The number of nitrogens with two attached hydrogens (primary N) is 1. The standard InChI is InChI=1S/C16H24N2O2S/c1-11(2)18-16(15(17)19,12-8-9-12)10-21-14-7-5-4-6-13(14)20-3/h4-7,11-12,18H,8-10H2,1-3H3,(H2,17,19). The zero-order chi connectivity index (χ0) is 15.5. The summed E-state index contributed by atoms with van der Waals surface area (Å²) >= 11 is 1.63. The van der Waals surface area contributed by atoms with Gasteiger partial charge in [0.15, 0.2) is 0 Å². The summed E-state index contributed by atoms with van der Waals surface area (Å²) in [4.78, 5) is 13.2. The number of carbonyl (C=O) groups is 1. The highest BCUT2D eigenvalue weighted by molar-refractivity contribution is 7.99. The summed E-state index contributed by atoms with van der Waals surface area (Å²) in [5, 5.41) is 3.43. The fraction of sp³-hybridized carbons (Fsp3) is 0.562. The first kappa shape index (κ1) is 16.2. The van der Waals surface area contributed by atoms with Crippen molar-refractivity contribution >= 4 is 17.7 Å². The molecule has 4 nitrogen and oxygen atoms in total. The van der Waals surface area contributed by atoms with Crippen molar-refractivity contribution in [2.24, 2.45) is 11.7 Å². The van der Waals surface area contributed by atoms with Crippen LogP contribution in [0.15, 0.2) is 29.2 Å². The Morgan fingerprint density at radius 1 is 1.48 bits per heavy atom. The number of hydrogen-bond donors (Lipinski definition) is 2. The van der Waals surface area contributed by atoms with E-state index in [4.69, 9.17) is 10.5 Å². The maximum atomic E-state index is 12.1. The molecular formula is C16H24N2O2S. The minimum absolute atomic E-state index is 0.219. The number of rotatable bonds is 8. The van der Waals surface area contributed by atoms with Crippen LogP contribution < -0.4 is 15.8 Å². The maximum absolute atomic E-state index is 12.1. The van der Waals surface area contributed by atoms with Crippen LogP contribution in [0.1, 0.15) is 26.7 Å². The average Bonchev–Trinajstić information content (AvgIpc) is 3.28. The van der Waals surface area contributed by atoms with E-state index in [2.05, 4.69) is 5.32 Å². The number of carbonyl (C=O) groups excluding carboxylic acids is 1. The molecule has 0 radical (unpaired) electrons. The molecule has 1 fully saturated rings. The van der Waals surface area contributed by atoms with Crippen molar-refractivity contribution in [3.63, 3.8) is 0 Å². The fourth-order valence-corrected chi connectivity index (χ4v) is 3.95. The van der Waals surface area contributed by atoms with Gasteiger partial charge in [-0.05, 0) is 44.7 Å². The molecule has 1 amide bonds. The van der Waals surface area contributed by atoms with E-state index in [1.54, 1.807) is 18.9 Å². The highest BCUT2D eigenvalue weighted by atomic mass is 32.2. The van der Waals surface area contributed by atoms with Gasteiger partial charge >= 0.3 is 0 Å². The van der Waals surface area contributed by atoms with E-state index in [1.165, 1.54) is 0 Å². The number of primary amides is 1. The second kappa shape index (κ2) is 6.71. The first-order chi connectivity index (χ1) is 9.99. The minimum atomic E-state index is -0.625. The molecule has 0 bridgehead atoms. The molecule has 0 saturated heterocycles. The van der Waals surface area contributed by atoms with Crippen LogP contribution in [0.25, 0.3) is 0 Å². The van der Waals surface area contributed by atoms with E-state index >= 15 is 0 Å². The second-order valence-electron chi connectivity index (χ2n) is 5.85. The van der Waals surface area contributed by atoms with Crippen LogP contribution in [0.4, 0.5) is 0 Å². The van der Waals surface area contributed by atoms with Crippen LogP contribution in [0.3, 0.4) is 0 Å². The number of thioether (sulfide) groups is 1. The Morgan fingerprint density at radius 2 is 2.14 bits per heavy atom. The predicted octanol–water partition coefficient (Wildman–Crippen LogP) is 2.42. The van der Waals surface area contributed by atoms with Crippen molar-refractivity contribution < 1.29 is 9.53 Å². The molecule has 0 aliphatic heterocycles. The molecule has 1 aliphatic rings. The molecule has 1 aliphatic carbocycles. The summed E-state index contributed by atoms with van der Waals surface area (Å²) in [6, 6.07) is 8.08.